The Morgan fingerprint density at radius 1 is 1.29 bits per heavy atom. The molecule has 0 unspecified atom stereocenters. The van der Waals surface area contributed by atoms with Crippen LogP contribution in [-0.4, -0.2) is 38.4 Å². The SMILES string of the molecule is C[C@@H]1C[C@H](CCP(=O)(O)O)[C@@H](O)[C@H]1O. The van der Waals surface area contributed by atoms with Gasteiger partial charge in [-0.25, -0.2) is 0 Å². The van der Waals surface area contributed by atoms with Crippen LogP contribution in [0, 0.1) is 11.8 Å². The molecule has 0 aromatic rings. The molecule has 6 heteroatoms. The number of aliphatic hydroxyl groups is 2. The van der Waals surface area contributed by atoms with Crippen LogP contribution in [0.25, 0.3) is 0 Å². The third-order valence-corrected chi connectivity index (χ3v) is 3.72. The number of aliphatic hydroxyl groups excluding tert-OH is 2. The third kappa shape index (κ3) is 3.04. The van der Waals surface area contributed by atoms with Crippen molar-refractivity contribution in [2.75, 3.05) is 6.16 Å². The molecule has 5 nitrogen and oxygen atoms in total. The van der Waals surface area contributed by atoms with Gasteiger partial charge in [0.15, 0.2) is 0 Å². The van der Waals surface area contributed by atoms with E-state index in [1.54, 1.807) is 0 Å². The maximum Gasteiger partial charge on any atom is 0.325 e. The van der Waals surface area contributed by atoms with Crippen molar-refractivity contribution in [3.63, 3.8) is 0 Å². The van der Waals surface area contributed by atoms with Crippen molar-refractivity contribution >= 4 is 7.60 Å². The minimum Gasteiger partial charge on any atom is -0.390 e. The molecule has 0 amide bonds. The van der Waals surface area contributed by atoms with Crippen molar-refractivity contribution in [2.45, 2.75) is 32.0 Å². The topological polar surface area (TPSA) is 98.0 Å². The van der Waals surface area contributed by atoms with Crippen LogP contribution >= 0.6 is 7.60 Å². The van der Waals surface area contributed by atoms with Gasteiger partial charge in [-0.15, -0.1) is 0 Å². The Labute approximate surface area is 82.9 Å². The van der Waals surface area contributed by atoms with E-state index in [0.29, 0.717) is 6.42 Å². The average molecular weight is 224 g/mol. The predicted molar refractivity (Wildman–Crippen MR) is 50.8 cm³/mol. The van der Waals surface area contributed by atoms with Crippen LogP contribution in [0.3, 0.4) is 0 Å². The molecular formula is C8H17O5P. The van der Waals surface area contributed by atoms with Gasteiger partial charge in [-0.05, 0) is 24.7 Å². The lowest BCUT2D eigenvalue weighted by atomic mass is 10.0. The second-order valence-electron chi connectivity index (χ2n) is 4.13. The molecule has 0 heterocycles. The maximum absolute atomic E-state index is 10.6. The lowest BCUT2D eigenvalue weighted by Crippen LogP contribution is -2.27. The van der Waals surface area contributed by atoms with E-state index in [1.807, 2.05) is 6.92 Å². The van der Waals surface area contributed by atoms with E-state index >= 15 is 0 Å². The zero-order valence-electron chi connectivity index (χ0n) is 8.08. The molecular weight excluding hydrogens is 207 g/mol. The van der Waals surface area contributed by atoms with Crippen molar-refractivity contribution in [2.24, 2.45) is 11.8 Å². The van der Waals surface area contributed by atoms with E-state index in [2.05, 4.69) is 0 Å². The zero-order chi connectivity index (χ0) is 10.9. The molecule has 14 heavy (non-hydrogen) atoms. The summed E-state index contributed by atoms with van der Waals surface area (Å²) in [6, 6.07) is 0. The van der Waals surface area contributed by atoms with Gasteiger partial charge in [0.2, 0.25) is 0 Å². The zero-order valence-corrected chi connectivity index (χ0v) is 8.97. The lowest BCUT2D eigenvalue weighted by molar-refractivity contribution is 0.00622. The first-order valence-electron chi connectivity index (χ1n) is 4.72. The molecule has 1 rings (SSSR count). The van der Waals surface area contributed by atoms with E-state index in [1.165, 1.54) is 0 Å². The summed E-state index contributed by atoms with van der Waals surface area (Å²) in [7, 11) is -3.98. The fourth-order valence-electron chi connectivity index (χ4n) is 1.99. The van der Waals surface area contributed by atoms with Gasteiger partial charge in [0, 0.05) is 0 Å². The molecule has 0 radical (unpaired) electrons. The molecule has 1 aliphatic carbocycles. The molecule has 0 aliphatic heterocycles. The molecule has 0 spiro atoms. The van der Waals surface area contributed by atoms with Gasteiger partial charge < -0.3 is 20.0 Å². The first kappa shape index (κ1) is 12.1. The van der Waals surface area contributed by atoms with Crippen LogP contribution in [-0.2, 0) is 4.57 Å². The summed E-state index contributed by atoms with van der Waals surface area (Å²) in [6.07, 6.45) is -0.906. The van der Waals surface area contributed by atoms with Crippen LogP contribution in [0.5, 0.6) is 0 Å². The minimum atomic E-state index is -3.98. The van der Waals surface area contributed by atoms with Gasteiger partial charge in [-0.2, -0.15) is 0 Å². The van der Waals surface area contributed by atoms with E-state index in [9.17, 15) is 14.8 Å². The first-order chi connectivity index (χ1) is 6.31. The highest BCUT2D eigenvalue weighted by atomic mass is 31.2. The quantitative estimate of drug-likeness (QED) is 0.503. The van der Waals surface area contributed by atoms with Gasteiger partial charge in [-0.1, -0.05) is 6.92 Å². The summed E-state index contributed by atoms with van der Waals surface area (Å²) >= 11 is 0. The van der Waals surface area contributed by atoms with Crippen molar-refractivity contribution in [3.8, 4) is 0 Å². The highest BCUT2D eigenvalue weighted by Gasteiger charge is 2.39. The Morgan fingerprint density at radius 2 is 1.86 bits per heavy atom. The number of hydrogen-bond donors (Lipinski definition) is 4. The molecule has 84 valence electrons. The van der Waals surface area contributed by atoms with Crippen LogP contribution < -0.4 is 0 Å². The molecule has 4 N–H and O–H groups in total. The summed E-state index contributed by atoms with van der Waals surface area (Å²) in [5, 5.41) is 18.9. The molecule has 1 aliphatic rings. The average Bonchev–Trinajstić information content (AvgIpc) is 2.28. The largest absolute Gasteiger partial charge is 0.390 e. The second kappa shape index (κ2) is 4.29. The fraction of sp³-hybridized carbons (Fsp3) is 1.00. The third-order valence-electron chi connectivity index (χ3n) is 2.88. The Hall–Kier alpha value is 0.0700. The number of rotatable bonds is 3. The summed E-state index contributed by atoms with van der Waals surface area (Å²) in [5.74, 6) is -0.181. The van der Waals surface area contributed by atoms with E-state index < -0.39 is 19.8 Å². The van der Waals surface area contributed by atoms with E-state index in [-0.39, 0.29) is 24.4 Å². The summed E-state index contributed by atoms with van der Waals surface area (Å²) in [6.45, 7) is 1.82. The van der Waals surface area contributed by atoms with Gasteiger partial charge >= 0.3 is 7.60 Å². The smallest absolute Gasteiger partial charge is 0.325 e. The molecule has 4 atom stereocenters. The van der Waals surface area contributed by atoms with E-state index in [4.69, 9.17) is 9.79 Å². The molecule has 0 aromatic carbocycles. The van der Waals surface area contributed by atoms with Crippen molar-refractivity contribution in [1.82, 2.24) is 0 Å². The summed E-state index contributed by atoms with van der Waals surface area (Å²) in [4.78, 5) is 17.3. The van der Waals surface area contributed by atoms with Gasteiger partial charge in [0.1, 0.15) is 0 Å². The van der Waals surface area contributed by atoms with Crippen molar-refractivity contribution in [1.29, 1.82) is 0 Å². The van der Waals surface area contributed by atoms with Crippen LogP contribution in [0.15, 0.2) is 0 Å². The first-order valence-corrected chi connectivity index (χ1v) is 6.51. The fourth-order valence-corrected chi connectivity index (χ4v) is 2.66. The molecule has 0 aromatic heterocycles. The Morgan fingerprint density at radius 3 is 2.21 bits per heavy atom. The molecule has 1 fully saturated rings. The minimum absolute atomic E-state index is 0.00627. The highest BCUT2D eigenvalue weighted by molar-refractivity contribution is 7.51. The van der Waals surface area contributed by atoms with Gasteiger partial charge in [-0.3, -0.25) is 4.57 Å². The molecule has 0 saturated heterocycles. The van der Waals surface area contributed by atoms with Gasteiger partial charge in [0.05, 0.1) is 18.4 Å². The predicted octanol–water partition coefficient (Wildman–Crippen LogP) is -0.0680. The van der Waals surface area contributed by atoms with E-state index in [0.717, 1.165) is 0 Å². The highest BCUT2D eigenvalue weighted by Crippen LogP contribution is 2.40. The normalized spacial score (nSPS) is 38.9. The van der Waals surface area contributed by atoms with Crippen LogP contribution in [0.1, 0.15) is 19.8 Å². The lowest BCUT2D eigenvalue weighted by Gasteiger charge is -2.16. The van der Waals surface area contributed by atoms with Crippen LogP contribution in [0.4, 0.5) is 0 Å². The standard InChI is InChI=1S/C8H17O5P/c1-5-4-6(8(10)7(5)9)2-3-14(11,12)13/h5-10H,2-4H2,1H3,(H2,11,12,13)/t5-,6+,7+,8-/m1/s1. The Balaban J connectivity index is 2.44. The van der Waals surface area contributed by atoms with Crippen molar-refractivity contribution in [3.05, 3.63) is 0 Å². The number of hydrogen-bond acceptors (Lipinski definition) is 3. The summed E-state index contributed by atoms with van der Waals surface area (Å²) in [5.41, 5.74) is 0. The molecule has 0 bridgehead atoms. The Kier molecular flexibility index (Phi) is 3.72. The summed E-state index contributed by atoms with van der Waals surface area (Å²) < 4.78 is 10.6. The second-order valence-corrected chi connectivity index (χ2v) is 5.91. The Bertz CT molecular complexity index is 238. The van der Waals surface area contributed by atoms with Crippen molar-refractivity contribution < 1.29 is 24.6 Å². The van der Waals surface area contributed by atoms with Gasteiger partial charge in [0.25, 0.3) is 0 Å². The maximum atomic E-state index is 10.6. The monoisotopic (exact) mass is 224 g/mol. The molecule has 1 saturated carbocycles. The van der Waals surface area contributed by atoms with Crippen LogP contribution in [0.2, 0.25) is 0 Å².